The molecule has 0 spiro atoms. The molecule has 0 atom stereocenters. The van der Waals surface area contributed by atoms with E-state index in [1.54, 1.807) is 17.4 Å². The summed E-state index contributed by atoms with van der Waals surface area (Å²) in [4.78, 5) is 12.7. The molecule has 0 bridgehead atoms. The maximum absolute atomic E-state index is 11.7. The van der Waals surface area contributed by atoms with Crippen molar-refractivity contribution in [1.82, 2.24) is 15.2 Å². The SMILES string of the molecule is Cc1ccc(SNC(=O)NN2C=CC=CC=C2)cc1. The van der Waals surface area contributed by atoms with E-state index < -0.39 is 0 Å². The molecule has 19 heavy (non-hydrogen) atoms. The van der Waals surface area contributed by atoms with Gasteiger partial charge in [0.05, 0.1) is 0 Å². The third kappa shape index (κ3) is 4.56. The fourth-order valence-electron chi connectivity index (χ4n) is 1.39. The van der Waals surface area contributed by atoms with Gasteiger partial charge in [-0.05, 0) is 43.2 Å². The normalized spacial score (nSPS) is 13.2. The lowest BCUT2D eigenvalue weighted by Crippen LogP contribution is -2.39. The Balaban J connectivity index is 1.80. The van der Waals surface area contributed by atoms with Gasteiger partial charge in [-0.3, -0.25) is 9.73 Å². The fraction of sp³-hybridized carbons (Fsp3) is 0.0714. The molecule has 2 rings (SSSR count). The van der Waals surface area contributed by atoms with E-state index in [2.05, 4.69) is 10.1 Å². The van der Waals surface area contributed by atoms with Crippen LogP contribution in [0, 0.1) is 6.92 Å². The van der Waals surface area contributed by atoms with Crippen LogP contribution in [0.25, 0.3) is 0 Å². The molecule has 0 unspecified atom stereocenters. The lowest BCUT2D eigenvalue weighted by atomic mass is 10.2. The second-order valence-corrected chi connectivity index (χ2v) is 4.81. The highest BCUT2D eigenvalue weighted by Gasteiger charge is 2.03. The minimum absolute atomic E-state index is 0.276. The first-order valence-electron chi connectivity index (χ1n) is 5.84. The molecule has 0 radical (unpaired) electrons. The average molecular weight is 273 g/mol. The second-order valence-electron chi connectivity index (χ2n) is 3.93. The number of hydrazine groups is 1. The van der Waals surface area contributed by atoms with Gasteiger partial charge in [-0.25, -0.2) is 10.2 Å². The molecule has 0 fully saturated rings. The number of nitrogens with one attached hydrogen (secondary N) is 2. The first-order valence-corrected chi connectivity index (χ1v) is 6.66. The lowest BCUT2D eigenvalue weighted by molar-refractivity contribution is 0.230. The van der Waals surface area contributed by atoms with Crippen molar-refractivity contribution < 1.29 is 4.79 Å². The molecule has 1 aliphatic heterocycles. The highest BCUT2D eigenvalue weighted by Crippen LogP contribution is 2.14. The Hall–Kier alpha value is -2.14. The van der Waals surface area contributed by atoms with E-state index in [4.69, 9.17) is 0 Å². The van der Waals surface area contributed by atoms with E-state index in [9.17, 15) is 4.79 Å². The van der Waals surface area contributed by atoms with Gasteiger partial charge in [-0.1, -0.05) is 29.8 Å². The van der Waals surface area contributed by atoms with Crippen molar-refractivity contribution in [3.8, 4) is 0 Å². The van der Waals surface area contributed by atoms with Crippen molar-refractivity contribution in [2.45, 2.75) is 11.8 Å². The Morgan fingerprint density at radius 3 is 2.32 bits per heavy atom. The molecule has 0 aliphatic carbocycles. The zero-order valence-corrected chi connectivity index (χ0v) is 11.4. The Morgan fingerprint density at radius 2 is 1.68 bits per heavy atom. The van der Waals surface area contributed by atoms with Crippen LogP contribution in [0.1, 0.15) is 5.56 Å². The lowest BCUT2D eigenvalue weighted by Gasteiger charge is -2.16. The van der Waals surface area contributed by atoms with E-state index >= 15 is 0 Å². The summed E-state index contributed by atoms with van der Waals surface area (Å²) < 4.78 is 2.72. The number of rotatable bonds is 3. The van der Waals surface area contributed by atoms with Gasteiger partial charge >= 0.3 is 6.03 Å². The predicted octanol–water partition coefficient (Wildman–Crippen LogP) is 3.12. The molecule has 1 aliphatic rings. The molecule has 2 amide bonds. The van der Waals surface area contributed by atoms with Crippen molar-refractivity contribution in [3.63, 3.8) is 0 Å². The van der Waals surface area contributed by atoms with Crippen LogP contribution in [0.4, 0.5) is 4.79 Å². The predicted molar refractivity (Wildman–Crippen MR) is 78.0 cm³/mol. The highest BCUT2D eigenvalue weighted by molar-refractivity contribution is 7.98. The molecular formula is C14H15N3OS. The topological polar surface area (TPSA) is 44.4 Å². The molecule has 1 aromatic rings. The number of amides is 2. The van der Waals surface area contributed by atoms with E-state index in [0.29, 0.717) is 0 Å². The van der Waals surface area contributed by atoms with Gasteiger partial charge in [0, 0.05) is 17.3 Å². The molecule has 0 aromatic heterocycles. The molecule has 0 saturated carbocycles. The van der Waals surface area contributed by atoms with Gasteiger partial charge < -0.3 is 0 Å². The van der Waals surface area contributed by atoms with E-state index in [1.807, 2.05) is 55.5 Å². The summed E-state index contributed by atoms with van der Waals surface area (Å²) in [6, 6.07) is 7.68. The van der Waals surface area contributed by atoms with Crippen LogP contribution >= 0.6 is 11.9 Å². The summed E-state index contributed by atoms with van der Waals surface area (Å²) in [6.07, 6.45) is 11.0. The quantitative estimate of drug-likeness (QED) is 0.832. The van der Waals surface area contributed by atoms with Crippen molar-refractivity contribution >= 4 is 18.0 Å². The molecule has 4 nitrogen and oxygen atoms in total. The third-order valence-corrected chi connectivity index (χ3v) is 3.14. The molecule has 98 valence electrons. The number of nitrogens with zero attached hydrogens (tertiary/aromatic N) is 1. The van der Waals surface area contributed by atoms with Crippen molar-refractivity contribution in [2.75, 3.05) is 0 Å². The number of allylic oxidation sites excluding steroid dienone is 4. The summed E-state index contributed by atoms with van der Waals surface area (Å²) in [5.41, 5.74) is 3.88. The van der Waals surface area contributed by atoms with Gasteiger partial charge in [0.25, 0.3) is 0 Å². The van der Waals surface area contributed by atoms with Gasteiger partial charge in [0.1, 0.15) is 0 Å². The van der Waals surface area contributed by atoms with E-state index in [0.717, 1.165) is 4.90 Å². The minimum atomic E-state index is -0.276. The monoisotopic (exact) mass is 273 g/mol. The van der Waals surface area contributed by atoms with Crippen LogP contribution in [0.5, 0.6) is 0 Å². The van der Waals surface area contributed by atoms with Crippen LogP contribution in [-0.4, -0.2) is 11.0 Å². The molecular weight excluding hydrogens is 258 g/mol. The van der Waals surface area contributed by atoms with Crippen LogP contribution in [-0.2, 0) is 0 Å². The third-order valence-electron chi connectivity index (χ3n) is 2.34. The van der Waals surface area contributed by atoms with Crippen molar-refractivity contribution in [2.24, 2.45) is 0 Å². The summed E-state index contributed by atoms with van der Waals surface area (Å²) in [7, 11) is 0. The summed E-state index contributed by atoms with van der Waals surface area (Å²) in [5.74, 6) is 0. The average Bonchev–Trinajstić information content (AvgIpc) is 2.67. The van der Waals surface area contributed by atoms with Crippen LogP contribution in [0.3, 0.4) is 0 Å². The second kappa shape index (κ2) is 6.70. The number of aryl methyl sites for hydroxylation is 1. The maximum atomic E-state index is 11.7. The van der Waals surface area contributed by atoms with Gasteiger partial charge in [-0.15, -0.1) is 0 Å². The number of hydrogen-bond donors (Lipinski definition) is 2. The van der Waals surface area contributed by atoms with E-state index in [1.165, 1.54) is 17.5 Å². The van der Waals surface area contributed by atoms with Crippen molar-refractivity contribution in [3.05, 3.63) is 66.5 Å². The largest absolute Gasteiger partial charge is 0.344 e. The van der Waals surface area contributed by atoms with Gasteiger partial charge in [0.2, 0.25) is 0 Å². The molecule has 5 heteroatoms. The number of urea groups is 1. The van der Waals surface area contributed by atoms with Crippen LogP contribution < -0.4 is 10.1 Å². The Kier molecular flexibility index (Phi) is 4.69. The first kappa shape index (κ1) is 13.3. The first-order chi connectivity index (χ1) is 9.24. The minimum Gasteiger partial charge on any atom is -0.276 e. The Morgan fingerprint density at radius 1 is 1.05 bits per heavy atom. The molecule has 0 saturated heterocycles. The maximum Gasteiger partial charge on any atom is 0.344 e. The number of hydrogen-bond acceptors (Lipinski definition) is 3. The zero-order chi connectivity index (χ0) is 13.5. The summed E-state index contributed by atoms with van der Waals surface area (Å²) >= 11 is 1.28. The number of carbonyl (C=O) groups excluding carboxylic acids is 1. The van der Waals surface area contributed by atoms with Crippen molar-refractivity contribution in [1.29, 1.82) is 0 Å². The van der Waals surface area contributed by atoms with Crippen LogP contribution in [0.15, 0.2) is 65.9 Å². The Labute approximate surface area is 117 Å². The Bertz CT molecular complexity index is 504. The number of benzene rings is 1. The molecule has 2 N–H and O–H groups in total. The molecule has 1 heterocycles. The highest BCUT2D eigenvalue weighted by atomic mass is 32.2. The molecule has 1 aromatic carbocycles. The summed E-state index contributed by atoms with van der Waals surface area (Å²) in [6.45, 7) is 2.03. The zero-order valence-electron chi connectivity index (χ0n) is 10.5. The standard InChI is InChI=1S/C14H15N3OS/c1-12-6-8-13(9-7-12)19-16-14(18)15-17-10-4-2-3-5-11-17/h2-11H,1H3,(H2,15,16,18). The van der Waals surface area contributed by atoms with Gasteiger partial charge in [-0.2, -0.15) is 0 Å². The fourth-order valence-corrected chi connectivity index (χ4v) is 1.92. The van der Waals surface area contributed by atoms with E-state index in [-0.39, 0.29) is 6.03 Å². The smallest absolute Gasteiger partial charge is 0.276 e. The van der Waals surface area contributed by atoms with Crippen LogP contribution in [0.2, 0.25) is 0 Å². The summed E-state index contributed by atoms with van der Waals surface area (Å²) in [5, 5.41) is 1.59. The number of carbonyl (C=O) groups is 1. The van der Waals surface area contributed by atoms with Gasteiger partial charge in [0.15, 0.2) is 0 Å².